The van der Waals surface area contributed by atoms with E-state index in [1.807, 2.05) is 0 Å². The van der Waals surface area contributed by atoms with Crippen LogP contribution in [0.2, 0.25) is 0 Å². The van der Waals surface area contributed by atoms with Gasteiger partial charge in [0.05, 0.1) is 22.3 Å². The topological polar surface area (TPSA) is 34.2 Å². The number of nitrogens with zero attached hydrogens (tertiary/aromatic N) is 1. The van der Waals surface area contributed by atoms with Crippen LogP contribution in [-0.4, -0.2) is 23.7 Å². The van der Waals surface area contributed by atoms with Crippen molar-refractivity contribution in [2.75, 3.05) is 13.2 Å². The Balaban J connectivity index is 1.75. The second-order valence-corrected chi connectivity index (χ2v) is 7.78. The Hall–Kier alpha value is -0.450. The zero-order valence-electron chi connectivity index (χ0n) is 13.4. The lowest BCUT2D eigenvalue weighted by atomic mass is 9.80. The number of rotatable bonds is 5. The first-order valence-corrected chi connectivity index (χ1v) is 9.40. The van der Waals surface area contributed by atoms with Crippen molar-refractivity contribution in [3.63, 3.8) is 0 Å². The lowest BCUT2D eigenvalue weighted by Gasteiger charge is -2.41. The number of aromatic nitrogens is 1. The highest BCUT2D eigenvalue weighted by Crippen LogP contribution is 2.45. The van der Waals surface area contributed by atoms with Gasteiger partial charge in [-0.25, -0.2) is 4.98 Å². The molecule has 1 saturated heterocycles. The molecule has 1 spiro atoms. The molecule has 0 amide bonds. The van der Waals surface area contributed by atoms with Crippen molar-refractivity contribution in [1.29, 1.82) is 0 Å². The number of hydrogen-bond acceptors (Lipinski definition) is 4. The highest BCUT2D eigenvalue weighted by atomic mass is 32.1. The molecular weight excluding hydrogens is 280 g/mol. The van der Waals surface area contributed by atoms with E-state index >= 15 is 0 Å². The fraction of sp³-hybridized carbons (Fsp3) is 0.824. The number of aryl methyl sites for hydroxylation is 1. The van der Waals surface area contributed by atoms with Crippen molar-refractivity contribution in [2.45, 2.75) is 70.4 Å². The van der Waals surface area contributed by atoms with Crippen LogP contribution in [0, 0.1) is 12.8 Å². The van der Waals surface area contributed by atoms with Gasteiger partial charge in [-0.3, -0.25) is 0 Å². The van der Waals surface area contributed by atoms with Gasteiger partial charge in [0.1, 0.15) is 0 Å². The van der Waals surface area contributed by atoms with Crippen LogP contribution in [0.15, 0.2) is 5.38 Å². The first-order valence-electron chi connectivity index (χ1n) is 8.52. The first-order chi connectivity index (χ1) is 10.2. The van der Waals surface area contributed by atoms with Crippen molar-refractivity contribution >= 4 is 11.3 Å². The Bertz CT molecular complexity index is 453. The van der Waals surface area contributed by atoms with Gasteiger partial charge in [0.15, 0.2) is 0 Å². The summed E-state index contributed by atoms with van der Waals surface area (Å²) in [7, 11) is 0. The molecule has 1 N–H and O–H groups in total. The maximum atomic E-state index is 6.21. The zero-order chi connectivity index (χ0) is 14.7. The molecule has 2 aliphatic rings. The maximum absolute atomic E-state index is 6.21. The van der Waals surface area contributed by atoms with Crippen molar-refractivity contribution < 1.29 is 4.74 Å². The van der Waals surface area contributed by atoms with Gasteiger partial charge in [-0.15, -0.1) is 11.3 Å². The van der Waals surface area contributed by atoms with Gasteiger partial charge in [-0.05, 0) is 51.5 Å². The molecule has 2 fully saturated rings. The smallest absolute Gasteiger partial charge is 0.0898 e. The predicted octanol–water partition coefficient (Wildman–Crippen LogP) is 4.23. The third-order valence-corrected chi connectivity index (χ3v) is 5.88. The molecule has 0 bridgehead atoms. The summed E-state index contributed by atoms with van der Waals surface area (Å²) in [5.41, 5.74) is 1.45. The third kappa shape index (κ3) is 3.49. The summed E-state index contributed by atoms with van der Waals surface area (Å²) >= 11 is 1.77. The largest absolute Gasteiger partial charge is 0.375 e. The Morgan fingerprint density at radius 3 is 2.95 bits per heavy atom. The van der Waals surface area contributed by atoms with E-state index in [1.165, 1.54) is 55.6 Å². The van der Waals surface area contributed by atoms with Crippen molar-refractivity contribution in [2.24, 2.45) is 5.92 Å². The van der Waals surface area contributed by atoms with Crippen LogP contribution < -0.4 is 5.32 Å². The maximum Gasteiger partial charge on any atom is 0.0898 e. The van der Waals surface area contributed by atoms with Gasteiger partial charge in [-0.2, -0.15) is 0 Å². The van der Waals surface area contributed by atoms with Gasteiger partial charge in [0.25, 0.3) is 0 Å². The van der Waals surface area contributed by atoms with Crippen molar-refractivity contribution in [3.05, 3.63) is 16.1 Å². The van der Waals surface area contributed by atoms with E-state index < -0.39 is 0 Å². The molecule has 1 aliphatic carbocycles. The summed E-state index contributed by atoms with van der Waals surface area (Å²) in [6, 6.07) is 0.413. The van der Waals surface area contributed by atoms with Crippen molar-refractivity contribution in [3.8, 4) is 0 Å². The Morgan fingerprint density at radius 1 is 1.48 bits per heavy atom. The summed E-state index contributed by atoms with van der Waals surface area (Å²) in [4.78, 5) is 4.77. The average molecular weight is 308 g/mol. The van der Waals surface area contributed by atoms with Gasteiger partial charge in [-0.1, -0.05) is 19.8 Å². The van der Waals surface area contributed by atoms with Gasteiger partial charge >= 0.3 is 0 Å². The van der Waals surface area contributed by atoms with E-state index in [2.05, 4.69) is 24.5 Å². The third-order valence-electron chi connectivity index (χ3n) is 5.09. The molecular formula is C17H28N2OS. The number of nitrogens with one attached hydrogen (secondary N) is 1. The predicted molar refractivity (Wildman–Crippen MR) is 87.8 cm³/mol. The number of hydrogen-bond donors (Lipinski definition) is 1. The molecule has 4 heteroatoms. The molecule has 3 rings (SSSR count). The summed E-state index contributed by atoms with van der Waals surface area (Å²) in [6.07, 6.45) is 8.77. The molecule has 2 atom stereocenters. The average Bonchev–Trinajstić information content (AvgIpc) is 3.10. The highest BCUT2D eigenvalue weighted by molar-refractivity contribution is 7.09. The molecule has 1 aliphatic heterocycles. The standard InChI is InChI=1S/C17H28N2OS/c1-3-9-18-16(15-12-21-13(2)19-15)14-6-10-20-17(11-14)7-4-5-8-17/h12,14,16,18H,3-11H2,1-2H3. The zero-order valence-corrected chi connectivity index (χ0v) is 14.2. The van der Waals surface area contributed by atoms with Crippen LogP contribution in [0.3, 0.4) is 0 Å². The van der Waals surface area contributed by atoms with Gasteiger partial charge < -0.3 is 10.1 Å². The van der Waals surface area contributed by atoms with E-state index in [-0.39, 0.29) is 5.60 Å². The Morgan fingerprint density at radius 2 is 2.29 bits per heavy atom. The molecule has 2 unspecified atom stereocenters. The number of ether oxygens (including phenoxy) is 1. The fourth-order valence-corrected chi connectivity index (χ4v) is 4.70. The quantitative estimate of drug-likeness (QED) is 0.884. The Labute approximate surface area is 132 Å². The fourth-order valence-electron chi connectivity index (χ4n) is 4.05. The van der Waals surface area contributed by atoms with E-state index in [4.69, 9.17) is 9.72 Å². The highest BCUT2D eigenvalue weighted by Gasteiger charge is 2.42. The minimum atomic E-state index is 0.195. The summed E-state index contributed by atoms with van der Waals surface area (Å²) in [6.45, 7) is 6.34. The Kier molecular flexibility index (Phi) is 4.97. The van der Waals surface area contributed by atoms with Gasteiger partial charge in [0.2, 0.25) is 0 Å². The van der Waals surface area contributed by atoms with E-state index in [0.29, 0.717) is 12.0 Å². The molecule has 3 nitrogen and oxygen atoms in total. The lowest BCUT2D eigenvalue weighted by molar-refractivity contribution is -0.0983. The molecule has 0 radical (unpaired) electrons. The molecule has 0 aromatic carbocycles. The lowest BCUT2D eigenvalue weighted by Crippen LogP contribution is -2.42. The SMILES string of the molecule is CCCNC(c1csc(C)n1)C1CCOC2(CCCC2)C1. The monoisotopic (exact) mass is 308 g/mol. The van der Waals surface area contributed by atoms with E-state index in [9.17, 15) is 0 Å². The summed E-state index contributed by atoms with van der Waals surface area (Å²) < 4.78 is 6.21. The summed E-state index contributed by atoms with van der Waals surface area (Å²) in [5, 5.41) is 7.19. The van der Waals surface area contributed by atoms with Crippen LogP contribution in [0.4, 0.5) is 0 Å². The molecule has 21 heavy (non-hydrogen) atoms. The van der Waals surface area contributed by atoms with Crippen LogP contribution in [0.1, 0.15) is 68.6 Å². The summed E-state index contributed by atoms with van der Waals surface area (Å²) in [5.74, 6) is 0.671. The first kappa shape index (κ1) is 15.4. The molecule has 1 aromatic heterocycles. The van der Waals surface area contributed by atoms with E-state index in [1.54, 1.807) is 11.3 Å². The number of thiazole rings is 1. The van der Waals surface area contributed by atoms with Gasteiger partial charge in [0, 0.05) is 12.0 Å². The van der Waals surface area contributed by atoms with Crippen LogP contribution in [-0.2, 0) is 4.74 Å². The van der Waals surface area contributed by atoms with Crippen molar-refractivity contribution in [1.82, 2.24) is 10.3 Å². The molecule has 118 valence electrons. The van der Waals surface area contributed by atoms with Crippen LogP contribution in [0.25, 0.3) is 0 Å². The second kappa shape index (κ2) is 6.76. The minimum absolute atomic E-state index is 0.195. The van der Waals surface area contributed by atoms with Crippen LogP contribution in [0.5, 0.6) is 0 Å². The molecule has 2 heterocycles. The normalized spacial score (nSPS) is 26.3. The van der Waals surface area contributed by atoms with E-state index in [0.717, 1.165) is 13.2 Å². The minimum Gasteiger partial charge on any atom is -0.375 e. The molecule has 1 saturated carbocycles. The second-order valence-electron chi connectivity index (χ2n) is 6.71. The molecule has 1 aromatic rings. The van der Waals surface area contributed by atoms with Crippen LogP contribution >= 0.6 is 11.3 Å².